The molecule has 0 aliphatic carbocycles. The molecule has 1 fully saturated rings. The Morgan fingerprint density at radius 3 is 2.56 bits per heavy atom. The van der Waals surface area contributed by atoms with Crippen molar-refractivity contribution in [1.29, 1.82) is 5.26 Å². The molecule has 0 spiro atoms. The molecule has 3 aromatic rings. The first-order valence-electron chi connectivity index (χ1n) is 10.9. The van der Waals surface area contributed by atoms with Crippen molar-refractivity contribution in [3.8, 4) is 11.8 Å². The van der Waals surface area contributed by atoms with E-state index in [-0.39, 0.29) is 5.92 Å². The van der Waals surface area contributed by atoms with E-state index < -0.39 is 17.9 Å². The Labute approximate surface area is 202 Å². The molecule has 174 valence electrons. The summed E-state index contributed by atoms with van der Waals surface area (Å²) in [7, 11) is 0. The Balaban J connectivity index is 1.50. The van der Waals surface area contributed by atoms with Gasteiger partial charge in [0, 0.05) is 17.5 Å². The number of carbonyl (C=O) groups is 2. The van der Waals surface area contributed by atoms with E-state index in [4.69, 9.17) is 22.6 Å². The third kappa shape index (κ3) is 5.42. The normalized spacial score (nSPS) is 15.4. The predicted octanol–water partition coefficient (Wildman–Crippen LogP) is 2.61. The summed E-state index contributed by atoms with van der Waals surface area (Å²) in [6, 6.07) is 14.8. The first kappa shape index (κ1) is 23.4. The summed E-state index contributed by atoms with van der Waals surface area (Å²) in [5.41, 5.74) is 7.71. The zero-order valence-corrected chi connectivity index (χ0v) is 19.2. The van der Waals surface area contributed by atoms with Crippen LogP contribution in [0.1, 0.15) is 40.5 Å². The van der Waals surface area contributed by atoms with Crippen molar-refractivity contribution in [3.63, 3.8) is 0 Å². The second kappa shape index (κ2) is 10.5. The number of nitrogens with two attached hydrogens (primary N) is 1. The summed E-state index contributed by atoms with van der Waals surface area (Å²) in [4.78, 5) is 27.4. The Bertz CT molecular complexity index is 1210. The smallest absolute Gasteiger partial charge is 0.254 e. The molecule has 34 heavy (non-hydrogen) atoms. The molecule has 9 nitrogen and oxygen atoms in total. The van der Waals surface area contributed by atoms with E-state index in [1.54, 1.807) is 59.4 Å². The summed E-state index contributed by atoms with van der Waals surface area (Å²) in [6.07, 6.45) is 3.48. The lowest BCUT2D eigenvalue weighted by molar-refractivity contribution is -0.120. The fourth-order valence-electron chi connectivity index (χ4n) is 3.99. The van der Waals surface area contributed by atoms with Crippen molar-refractivity contribution < 1.29 is 9.59 Å². The number of benzene rings is 2. The Morgan fingerprint density at radius 1 is 1.18 bits per heavy atom. The maximum Gasteiger partial charge on any atom is 0.254 e. The van der Waals surface area contributed by atoms with Crippen LogP contribution in [0.25, 0.3) is 5.69 Å². The average molecular weight is 478 g/mol. The van der Waals surface area contributed by atoms with E-state index in [9.17, 15) is 9.59 Å². The van der Waals surface area contributed by atoms with Gasteiger partial charge < -0.3 is 11.1 Å². The van der Waals surface area contributed by atoms with E-state index in [0.717, 1.165) is 31.6 Å². The van der Waals surface area contributed by atoms with Gasteiger partial charge in [0.15, 0.2) is 0 Å². The second-order valence-electron chi connectivity index (χ2n) is 8.21. The number of hydrogen-bond donors (Lipinski definition) is 2. The van der Waals surface area contributed by atoms with Crippen molar-refractivity contribution >= 4 is 23.4 Å². The van der Waals surface area contributed by atoms with E-state index in [1.165, 1.54) is 0 Å². The molecule has 1 saturated heterocycles. The van der Waals surface area contributed by atoms with Crippen LogP contribution in [0.4, 0.5) is 0 Å². The minimum atomic E-state index is -1.01. The number of hydrogen-bond acceptors (Lipinski definition) is 6. The van der Waals surface area contributed by atoms with E-state index in [1.807, 2.05) is 0 Å². The molecule has 1 atom stereocenters. The molecular formula is C24H24ClN7O2. The molecule has 2 aromatic carbocycles. The molecule has 2 heterocycles. The van der Waals surface area contributed by atoms with Crippen LogP contribution in [0.3, 0.4) is 0 Å². The quantitative estimate of drug-likeness (QED) is 0.538. The summed E-state index contributed by atoms with van der Waals surface area (Å²) in [6.45, 7) is 2.29. The van der Waals surface area contributed by atoms with Crippen molar-refractivity contribution in [2.24, 2.45) is 11.7 Å². The van der Waals surface area contributed by atoms with E-state index in [2.05, 4.69) is 26.6 Å². The number of para-hydroxylation sites is 1. The SMILES string of the molecule is N#CC1CCN(Cc2cn(-c3ccccc3C(=O)NC(C(N)=O)c3ccc(Cl)cc3)nn2)CC1. The van der Waals surface area contributed by atoms with Crippen LogP contribution in [0.5, 0.6) is 0 Å². The van der Waals surface area contributed by atoms with Gasteiger partial charge in [-0.3, -0.25) is 14.5 Å². The molecule has 10 heteroatoms. The first-order valence-corrected chi connectivity index (χ1v) is 11.3. The van der Waals surface area contributed by atoms with Gasteiger partial charge in [-0.1, -0.05) is 41.1 Å². The minimum Gasteiger partial charge on any atom is -0.368 e. The molecule has 0 radical (unpaired) electrons. The lowest BCUT2D eigenvalue weighted by Crippen LogP contribution is -2.37. The van der Waals surface area contributed by atoms with Crippen molar-refractivity contribution in [1.82, 2.24) is 25.2 Å². The predicted molar refractivity (Wildman–Crippen MR) is 126 cm³/mol. The first-order chi connectivity index (χ1) is 16.4. The summed E-state index contributed by atoms with van der Waals surface area (Å²) < 4.78 is 1.55. The highest BCUT2D eigenvalue weighted by Crippen LogP contribution is 2.21. The largest absolute Gasteiger partial charge is 0.368 e. The van der Waals surface area contributed by atoms with Gasteiger partial charge in [-0.25, -0.2) is 4.68 Å². The Hall–Kier alpha value is -3.74. The fourth-order valence-corrected chi connectivity index (χ4v) is 4.11. The summed E-state index contributed by atoms with van der Waals surface area (Å²) in [5, 5.41) is 20.8. The Morgan fingerprint density at radius 2 is 1.88 bits per heavy atom. The zero-order valence-electron chi connectivity index (χ0n) is 18.4. The molecule has 0 bridgehead atoms. The van der Waals surface area contributed by atoms with E-state index >= 15 is 0 Å². The highest BCUT2D eigenvalue weighted by atomic mass is 35.5. The number of aromatic nitrogens is 3. The van der Waals surface area contributed by atoms with Crippen molar-refractivity contribution in [2.45, 2.75) is 25.4 Å². The third-order valence-corrected chi connectivity index (χ3v) is 6.11. The number of primary amides is 1. The topological polar surface area (TPSA) is 130 Å². The van der Waals surface area contributed by atoms with Crippen LogP contribution in [-0.2, 0) is 11.3 Å². The van der Waals surface area contributed by atoms with Crippen LogP contribution in [0.2, 0.25) is 5.02 Å². The number of likely N-dealkylation sites (tertiary alicyclic amines) is 1. The average Bonchev–Trinajstić information content (AvgIpc) is 3.31. The number of carbonyl (C=O) groups excluding carboxylic acids is 2. The maximum absolute atomic E-state index is 13.1. The monoisotopic (exact) mass is 477 g/mol. The van der Waals surface area contributed by atoms with Gasteiger partial charge in [-0.2, -0.15) is 5.26 Å². The standard InChI is InChI=1S/C24H24ClN7O2/c25-18-7-5-17(6-8-18)22(23(27)33)28-24(34)20-3-1-2-4-21(20)32-15-19(29-30-32)14-31-11-9-16(13-26)10-12-31/h1-8,15-16,22H,9-12,14H2,(H2,27,33)(H,28,34). The van der Waals surface area contributed by atoms with Gasteiger partial charge >= 0.3 is 0 Å². The van der Waals surface area contributed by atoms with Crippen LogP contribution in [0, 0.1) is 17.2 Å². The maximum atomic E-state index is 13.1. The van der Waals surface area contributed by atoms with Crippen LogP contribution >= 0.6 is 11.6 Å². The highest BCUT2D eigenvalue weighted by molar-refractivity contribution is 6.30. The zero-order chi connectivity index (χ0) is 24.1. The van der Waals surface area contributed by atoms with Crippen molar-refractivity contribution in [3.05, 3.63) is 76.6 Å². The number of nitrogens with zero attached hydrogens (tertiary/aromatic N) is 5. The molecule has 1 aliphatic rings. The molecule has 4 rings (SSSR count). The fraction of sp³-hybridized carbons (Fsp3) is 0.292. The Kier molecular flexibility index (Phi) is 7.21. The lowest BCUT2D eigenvalue weighted by Gasteiger charge is -2.27. The minimum absolute atomic E-state index is 0.120. The van der Waals surface area contributed by atoms with E-state index in [0.29, 0.717) is 28.4 Å². The molecule has 1 unspecified atom stereocenters. The van der Waals surface area contributed by atoms with Gasteiger partial charge in [0.25, 0.3) is 5.91 Å². The van der Waals surface area contributed by atoms with Gasteiger partial charge in [-0.15, -0.1) is 5.10 Å². The number of amides is 2. The second-order valence-corrected chi connectivity index (χ2v) is 8.65. The van der Waals surface area contributed by atoms with Crippen LogP contribution < -0.4 is 11.1 Å². The number of nitriles is 1. The molecule has 3 N–H and O–H groups in total. The molecule has 2 amide bonds. The van der Waals surface area contributed by atoms with Gasteiger partial charge in [0.05, 0.1) is 29.2 Å². The lowest BCUT2D eigenvalue weighted by atomic mass is 9.98. The van der Waals surface area contributed by atoms with Gasteiger partial charge in [-0.05, 0) is 55.8 Å². The molecule has 1 aliphatic heterocycles. The number of rotatable bonds is 7. The molecule has 1 aromatic heterocycles. The number of halogens is 1. The third-order valence-electron chi connectivity index (χ3n) is 5.86. The van der Waals surface area contributed by atoms with Gasteiger partial charge in [0.1, 0.15) is 6.04 Å². The summed E-state index contributed by atoms with van der Waals surface area (Å²) in [5.74, 6) is -1.03. The number of nitrogens with one attached hydrogen (secondary N) is 1. The highest BCUT2D eigenvalue weighted by Gasteiger charge is 2.24. The van der Waals surface area contributed by atoms with Crippen LogP contribution in [-0.4, -0.2) is 44.8 Å². The van der Waals surface area contributed by atoms with Crippen molar-refractivity contribution in [2.75, 3.05) is 13.1 Å². The molecular weight excluding hydrogens is 454 g/mol. The molecule has 0 saturated carbocycles. The van der Waals surface area contributed by atoms with Gasteiger partial charge in [0.2, 0.25) is 5.91 Å². The number of piperidine rings is 1. The van der Waals surface area contributed by atoms with Crippen LogP contribution in [0.15, 0.2) is 54.7 Å². The summed E-state index contributed by atoms with van der Waals surface area (Å²) >= 11 is 5.93.